The second-order valence-electron chi connectivity index (χ2n) is 4.93. The molecule has 0 unspecified atom stereocenters. The maximum absolute atomic E-state index is 12.0. The summed E-state index contributed by atoms with van der Waals surface area (Å²) in [5.74, 6) is -0.278. The number of aromatic nitrogens is 1. The Kier molecular flexibility index (Phi) is 4.16. The van der Waals surface area contributed by atoms with E-state index in [1.54, 1.807) is 11.4 Å². The van der Waals surface area contributed by atoms with Crippen LogP contribution < -0.4 is 14.8 Å². The summed E-state index contributed by atoms with van der Waals surface area (Å²) >= 11 is 1.30. The first kappa shape index (κ1) is 15.3. The Hall–Kier alpha value is -2.61. The highest BCUT2D eigenvalue weighted by Gasteiger charge is 2.19. The molecular formula is C15H14N2O5S. The van der Waals surface area contributed by atoms with Gasteiger partial charge in [-0.25, -0.2) is 4.98 Å². The van der Waals surface area contributed by atoms with Crippen molar-refractivity contribution in [1.82, 2.24) is 10.3 Å². The summed E-state index contributed by atoms with van der Waals surface area (Å²) in [5.41, 5.74) is 0.998. The standard InChI is InChI=1S/C15H14N2O5S/c1-8(15(19)20)16-13(18)10-7-23-14(17-10)9-2-3-11-12(6-9)22-5-4-21-11/h2-3,6-8H,4-5H2,1H3,(H,16,18)(H,19,20)/t8-/m1/s1. The third-order valence-electron chi connectivity index (χ3n) is 3.24. The van der Waals surface area contributed by atoms with E-state index in [1.807, 2.05) is 12.1 Å². The van der Waals surface area contributed by atoms with Crippen LogP contribution in [0.3, 0.4) is 0 Å². The molecule has 23 heavy (non-hydrogen) atoms. The molecule has 0 spiro atoms. The molecule has 1 amide bonds. The Labute approximate surface area is 135 Å². The largest absolute Gasteiger partial charge is 0.486 e. The monoisotopic (exact) mass is 334 g/mol. The van der Waals surface area contributed by atoms with Crippen LogP contribution in [0.4, 0.5) is 0 Å². The number of aliphatic carboxylic acids is 1. The van der Waals surface area contributed by atoms with Gasteiger partial charge in [0, 0.05) is 10.9 Å². The molecule has 0 radical (unpaired) electrons. The number of carbonyl (C=O) groups excluding carboxylic acids is 1. The van der Waals surface area contributed by atoms with Crippen LogP contribution >= 0.6 is 11.3 Å². The number of carbonyl (C=O) groups is 2. The van der Waals surface area contributed by atoms with Crippen LogP contribution in [0.15, 0.2) is 23.6 Å². The highest BCUT2D eigenvalue weighted by Crippen LogP contribution is 2.35. The van der Waals surface area contributed by atoms with Crippen LogP contribution in [-0.4, -0.2) is 41.2 Å². The lowest BCUT2D eigenvalue weighted by molar-refractivity contribution is -0.138. The predicted octanol–water partition coefficient (Wildman–Crippen LogP) is 1.78. The Morgan fingerprint density at radius 1 is 1.30 bits per heavy atom. The summed E-state index contributed by atoms with van der Waals surface area (Å²) in [6.45, 7) is 2.42. The number of hydrogen-bond acceptors (Lipinski definition) is 6. The van der Waals surface area contributed by atoms with Gasteiger partial charge in [0.15, 0.2) is 11.5 Å². The normalized spacial score (nSPS) is 14.1. The lowest BCUT2D eigenvalue weighted by atomic mass is 10.2. The van der Waals surface area contributed by atoms with Gasteiger partial charge in [-0.05, 0) is 25.1 Å². The minimum absolute atomic E-state index is 0.188. The summed E-state index contributed by atoms with van der Waals surface area (Å²) in [6.07, 6.45) is 0. The second-order valence-corrected chi connectivity index (χ2v) is 5.79. The lowest BCUT2D eigenvalue weighted by Gasteiger charge is -2.18. The summed E-state index contributed by atoms with van der Waals surface area (Å²) < 4.78 is 11.0. The molecule has 3 rings (SSSR count). The van der Waals surface area contributed by atoms with Crippen molar-refractivity contribution in [1.29, 1.82) is 0 Å². The average molecular weight is 334 g/mol. The minimum atomic E-state index is -1.10. The highest BCUT2D eigenvalue weighted by molar-refractivity contribution is 7.13. The molecule has 0 aliphatic carbocycles. The zero-order chi connectivity index (χ0) is 16.4. The molecular weight excluding hydrogens is 320 g/mol. The summed E-state index contributed by atoms with van der Waals surface area (Å²) in [6, 6.07) is 4.49. The van der Waals surface area contributed by atoms with E-state index >= 15 is 0 Å². The third kappa shape index (κ3) is 3.26. The number of nitrogens with one attached hydrogen (secondary N) is 1. The Bertz CT molecular complexity index is 758. The number of hydrogen-bond donors (Lipinski definition) is 2. The maximum atomic E-state index is 12.0. The fourth-order valence-corrected chi connectivity index (χ4v) is 2.82. The van der Waals surface area contributed by atoms with E-state index < -0.39 is 17.9 Å². The first-order valence-electron chi connectivity index (χ1n) is 6.94. The van der Waals surface area contributed by atoms with Crippen LogP contribution in [0, 0.1) is 0 Å². The van der Waals surface area contributed by atoms with Gasteiger partial charge in [-0.2, -0.15) is 0 Å². The minimum Gasteiger partial charge on any atom is -0.486 e. The molecule has 0 bridgehead atoms. The van der Waals surface area contributed by atoms with Gasteiger partial charge >= 0.3 is 5.97 Å². The van der Waals surface area contributed by atoms with Crippen molar-refractivity contribution in [2.45, 2.75) is 13.0 Å². The zero-order valence-corrected chi connectivity index (χ0v) is 13.1. The number of thiazole rings is 1. The topological polar surface area (TPSA) is 97.8 Å². The molecule has 2 heterocycles. The molecule has 1 atom stereocenters. The number of carboxylic acid groups (broad SMARTS) is 1. The van der Waals surface area contributed by atoms with Gasteiger partial charge in [-0.1, -0.05) is 0 Å². The van der Waals surface area contributed by atoms with E-state index in [9.17, 15) is 9.59 Å². The van der Waals surface area contributed by atoms with Crippen LogP contribution in [-0.2, 0) is 4.79 Å². The van der Waals surface area contributed by atoms with Crippen molar-refractivity contribution in [2.75, 3.05) is 13.2 Å². The van der Waals surface area contributed by atoms with Crippen molar-refractivity contribution in [3.8, 4) is 22.1 Å². The summed E-state index contributed by atoms with van der Waals surface area (Å²) in [7, 11) is 0. The number of fused-ring (bicyclic) bond motifs is 1. The van der Waals surface area contributed by atoms with Gasteiger partial charge in [0.2, 0.25) is 0 Å². The first-order valence-corrected chi connectivity index (χ1v) is 7.82. The predicted molar refractivity (Wildman–Crippen MR) is 83.1 cm³/mol. The van der Waals surface area contributed by atoms with Crippen molar-refractivity contribution in [3.05, 3.63) is 29.3 Å². The van der Waals surface area contributed by atoms with Crippen molar-refractivity contribution in [3.63, 3.8) is 0 Å². The molecule has 1 aromatic carbocycles. The van der Waals surface area contributed by atoms with E-state index in [0.29, 0.717) is 29.7 Å². The van der Waals surface area contributed by atoms with E-state index in [2.05, 4.69) is 10.3 Å². The Morgan fingerprint density at radius 3 is 2.78 bits per heavy atom. The third-order valence-corrected chi connectivity index (χ3v) is 4.14. The van der Waals surface area contributed by atoms with Gasteiger partial charge in [0.1, 0.15) is 30.0 Å². The number of ether oxygens (including phenoxy) is 2. The van der Waals surface area contributed by atoms with E-state index in [-0.39, 0.29) is 5.69 Å². The molecule has 0 saturated heterocycles. The Morgan fingerprint density at radius 2 is 2.04 bits per heavy atom. The molecule has 120 valence electrons. The zero-order valence-electron chi connectivity index (χ0n) is 12.2. The quantitative estimate of drug-likeness (QED) is 0.884. The molecule has 0 fully saturated rings. The molecule has 8 heteroatoms. The van der Waals surface area contributed by atoms with Crippen molar-refractivity contribution in [2.24, 2.45) is 0 Å². The van der Waals surface area contributed by atoms with Crippen molar-refractivity contribution >= 4 is 23.2 Å². The van der Waals surface area contributed by atoms with E-state index in [0.717, 1.165) is 5.56 Å². The van der Waals surface area contributed by atoms with Crippen molar-refractivity contribution < 1.29 is 24.2 Å². The SMILES string of the molecule is C[C@@H](NC(=O)c1csc(-c2ccc3c(c2)OCCO3)n1)C(=O)O. The maximum Gasteiger partial charge on any atom is 0.325 e. The number of rotatable bonds is 4. The smallest absolute Gasteiger partial charge is 0.325 e. The molecule has 1 aliphatic rings. The Balaban J connectivity index is 1.79. The summed E-state index contributed by atoms with van der Waals surface area (Å²) in [5, 5.41) is 13.4. The summed E-state index contributed by atoms with van der Waals surface area (Å²) in [4.78, 5) is 27.0. The highest BCUT2D eigenvalue weighted by atomic mass is 32.1. The number of nitrogens with zero attached hydrogens (tertiary/aromatic N) is 1. The molecule has 0 saturated carbocycles. The van der Waals surface area contributed by atoms with Gasteiger partial charge in [0.25, 0.3) is 5.91 Å². The molecule has 1 aromatic heterocycles. The second kappa shape index (κ2) is 6.25. The fourth-order valence-electron chi connectivity index (χ4n) is 2.02. The molecule has 2 N–H and O–H groups in total. The number of carboxylic acids is 1. The van der Waals surface area contributed by atoms with Gasteiger partial charge in [-0.15, -0.1) is 11.3 Å². The average Bonchev–Trinajstić information content (AvgIpc) is 3.04. The molecule has 1 aliphatic heterocycles. The van der Waals surface area contributed by atoms with Gasteiger partial charge in [0.05, 0.1) is 0 Å². The number of benzene rings is 1. The lowest BCUT2D eigenvalue weighted by Crippen LogP contribution is -2.38. The fraction of sp³-hybridized carbons (Fsp3) is 0.267. The first-order chi connectivity index (χ1) is 11.0. The van der Waals surface area contributed by atoms with E-state index in [1.165, 1.54) is 18.3 Å². The van der Waals surface area contributed by atoms with Gasteiger partial charge in [-0.3, -0.25) is 9.59 Å². The van der Waals surface area contributed by atoms with Gasteiger partial charge < -0.3 is 19.9 Å². The number of amides is 1. The van der Waals surface area contributed by atoms with E-state index in [4.69, 9.17) is 14.6 Å². The van der Waals surface area contributed by atoms with Crippen LogP contribution in [0.5, 0.6) is 11.5 Å². The van der Waals surface area contributed by atoms with Crippen LogP contribution in [0.25, 0.3) is 10.6 Å². The van der Waals surface area contributed by atoms with Crippen LogP contribution in [0.1, 0.15) is 17.4 Å². The molecule has 2 aromatic rings. The van der Waals surface area contributed by atoms with Crippen LogP contribution in [0.2, 0.25) is 0 Å². The molecule has 7 nitrogen and oxygen atoms in total.